The minimum Gasteiger partial charge on any atom is -0.463 e. The third kappa shape index (κ3) is 14.0. The summed E-state index contributed by atoms with van der Waals surface area (Å²) in [6.07, 6.45) is -17.3. The van der Waals surface area contributed by atoms with Crippen LogP contribution in [0.25, 0.3) is 0 Å². The Kier molecular flexibility index (Phi) is 20.0. The lowest BCUT2D eigenvalue weighted by Gasteiger charge is -2.48. The second kappa shape index (κ2) is 23.5. The van der Waals surface area contributed by atoms with Crippen LogP contribution >= 0.6 is 0 Å². The zero-order valence-electron chi connectivity index (χ0n) is 32.6. The standard InChI is InChI=1S/C36H54O19/c1-9-21(37)45-17-19-29(49-23(39)11-3)31(51-25(41)13-5)33(53-27(43)15-7)35(47-19)55-36-34(54-28(44)16-8)32(52-26(42)14-6)30(50-24(40)12-4)20(48-36)18-46-22(38)10-2/h19-20,29-36H,9-18H2,1-8H3/t19-,20+,29-,30+,31+,32-,33-,34+,35-,36+. The highest BCUT2D eigenvalue weighted by Crippen LogP contribution is 2.36. The van der Waals surface area contributed by atoms with Crippen LogP contribution in [0.5, 0.6) is 0 Å². The largest absolute Gasteiger partial charge is 0.463 e. The van der Waals surface area contributed by atoms with Crippen molar-refractivity contribution in [2.45, 2.75) is 168 Å². The van der Waals surface area contributed by atoms with Crippen LogP contribution in [0.2, 0.25) is 0 Å². The summed E-state index contributed by atoms with van der Waals surface area (Å²) in [7, 11) is 0. The summed E-state index contributed by atoms with van der Waals surface area (Å²) in [5, 5.41) is 0. The minimum absolute atomic E-state index is 0.0386. The zero-order valence-corrected chi connectivity index (χ0v) is 32.6. The van der Waals surface area contributed by atoms with E-state index in [-0.39, 0.29) is 51.4 Å². The van der Waals surface area contributed by atoms with E-state index in [9.17, 15) is 38.4 Å². The molecular formula is C36H54O19. The number of hydrogen-bond acceptors (Lipinski definition) is 19. The summed E-state index contributed by atoms with van der Waals surface area (Å²) in [6, 6.07) is 0. The fourth-order valence-corrected chi connectivity index (χ4v) is 5.14. The van der Waals surface area contributed by atoms with Crippen molar-refractivity contribution in [2.24, 2.45) is 0 Å². The third-order valence-corrected chi connectivity index (χ3v) is 8.18. The van der Waals surface area contributed by atoms with Gasteiger partial charge in [-0.25, -0.2) is 0 Å². The number of rotatable bonds is 20. The molecule has 0 aliphatic carbocycles. The van der Waals surface area contributed by atoms with Gasteiger partial charge >= 0.3 is 47.8 Å². The van der Waals surface area contributed by atoms with E-state index in [2.05, 4.69) is 0 Å². The fraction of sp³-hybridized carbons (Fsp3) is 0.778. The number of carbonyl (C=O) groups excluding carboxylic acids is 8. The van der Waals surface area contributed by atoms with Crippen LogP contribution in [-0.4, -0.2) is 122 Å². The molecule has 0 radical (unpaired) electrons. The van der Waals surface area contributed by atoms with Crippen LogP contribution in [0.1, 0.15) is 107 Å². The first-order valence-corrected chi connectivity index (χ1v) is 18.6. The van der Waals surface area contributed by atoms with Gasteiger partial charge in [0.05, 0.1) is 0 Å². The van der Waals surface area contributed by atoms with Gasteiger partial charge in [-0.3, -0.25) is 38.4 Å². The molecule has 2 rings (SSSR count). The smallest absolute Gasteiger partial charge is 0.306 e. The summed E-state index contributed by atoms with van der Waals surface area (Å²) in [5.41, 5.74) is 0. The van der Waals surface area contributed by atoms with Gasteiger partial charge in [0.15, 0.2) is 36.6 Å². The van der Waals surface area contributed by atoms with Crippen LogP contribution in [0.15, 0.2) is 0 Å². The van der Waals surface area contributed by atoms with E-state index in [4.69, 9.17) is 52.1 Å². The van der Waals surface area contributed by atoms with Gasteiger partial charge in [-0.15, -0.1) is 0 Å². The van der Waals surface area contributed by atoms with Gasteiger partial charge in [-0.05, 0) is 0 Å². The first kappa shape index (κ1) is 46.8. The maximum Gasteiger partial charge on any atom is 0.306 e. The molecule has 0 unspecified atom stereocenters. The lowest BCUT2D eigenvalue weighted by atomic mass is 9.96. The highest BCUT2D eigenvalue weighted by Gasteiger charge is 2.58. The second-order valence-corrected chi connectivity index (χ2v) is 12.1. The van der Waals surface area contributed by atoms with Crippen LogP contribution in [-0.2, 0) is 90.5 Å². The quantitative estimate of drug-likeness (QED) is 0.127. The van der Waals surface area contributed by atoms with Crippen LogP contribution in [0.3, 0.4) is 0 Å². The van der Waals surface area contributed by atoms with E-state index in [1.807, 2.05) is 0 Å². The average Bonchev–Trinajstić information content (AvgIpc) is 3.19. The maximum atomic E-state index is 12.9. The SMILES string of the molecule is CCC(=O)OC[C@@H]1O[C@@H](O[C@H]2O[C@H](COC(=O)CC)[C@@H](OC(=O)CC)[C@H](OC(=O)CC)[C@H]2OC(=O)CC)[C@@H](OC(=O)CC)[C@H](OC(=O)CC)[C@H]1OC(=O)CC. The van der Waals surface area contributed by atoms with E-state index >= 15 is 0 Å². The lowest BCUT2D eigenvalue weighted by molar-refractivity contribution is -0.378. The second-order valence-electron chi connectivity index (χ2n) is 12.1. The van der Waals surface area contributed by atoms with E-state index in [0.717, 1.165) is 0 Å². The van der Waals surface area contributed by atoms with E-state index in [0.29, 0.717) is 0 Å². The van der Waals surface area contributed by atoms with E-state index in [1.54, 1.807) is 0 Å². The van der Waals surface area contributed by atoms with Gasteiger partial charge in [0, 0.05) is 51.4 Å². The topological polar surface area (TPSA) is 238 Å². The van der Waals surface area contributed by atoms with Gasteiger partial charge in [0.2, 0.25) is 12.6 Å². The Morgan fingerprint density at radius 2 is 0.582 bits per heavy atom. The molecule has 0 saturated carbocycles. The Bertz CT molecular complexity index is 1230. The minimum atomic E-state index is -1.84. The van der Waals surface area contributed by atoms with Crippen LogP contribution < -0.4 is 0 Å². The van der Waals surface area contributed by atoms with Crippen LogP contribution in [0, 0.1) is 0 Å². The number of ether oxygens (including phenoxy) is 11. The van der Waals surface area contributed by atoms with Gasteiger partial charge in [0.1, 0.15) is 25.4 Å². The van der Waals surface area contributed by atoms with Crippen molar-refractivity contribution >= 4 is 47.8 Å². The molecule has 19 heteroatoms. The third-order valence-electron chi connectivity index (χ3n) is 8.18. The predicted octanol–water partition coefficient (Wildman–Crippen LogP) is 2.29. The Balaban J connectivity index is 2.83. The molecule has 55 heavy (non-hydrogen) atoms. The fourth-order valence-electron chi connectivity index (χ4n) is 5.14. The molecule has 2 fully saturated rings. The molecule has 2 heterocycles. The molecule has 2 aliphatic rings. The van der Waals surface area contributed by atoms with Gasteiger partial charge in [-0.1, -0.05) is 55.4 Å². The number of esters is 8. The molecule has 2 aliphatic heterocycles. The molecule has 0 amide bonds. The van der Waals surface area contributed by atoms with Gasteiger partial charge in [-0.2, -0.15) is 0 Å². The normalized spacial score (nSPS) is 27.4. The maximum absolute atomic E-state index is 12.9. The molecule has 19 nitrogen and oxygen atoms in total. The average molecular weight is 791 g/mol. The molecule has 0 aromatic rings. The predicted molar refractivity (Wildman–Crippen MR) is 182 cm³/mol. The number of hydrogen-bond donors (Lipinski definition) is 0. The first-order chi connectivity index (χ1) is 26.2. The summed E-state index contributed by atoms with van der Waals surface area (Å²) < 4.78 is 63.3. The Hall–Kier alpha value is -4.36. The number of carbonyl (C=O) groups is 8. The Labute approximate surface area is 319 Å². The van der Waals surface area contributed by atoms with Crippen molar-refractivity contribution in [3.63, 3.8) is 0 Å². The molecule has 312 valence electrons. The Morgan fingerprint density at radius 1 is 0.345 bits per heavy atom. The van der Waals surface area contributed by atoms with Crippen molar-refractivity contribution in [1.29, 1.82) is 0 Å². The summed E-state index contributed by atoms with van der Waals surface area (Å²) >= 11 is 0. The summed E-state index contributed by atoms with van der Waals surface area (Å²) in [4.78, 5) is 101. The molecule has 0 N–H and O–H groups in total. The molecule has 0 bridgehead atoms. The molecule has 10 atom stereocenters. The monoisotopic (exact) mass is 790 g/mol. The van der Waals surface area contributed by atoms with Crippen LogP contribution in [0.4, 0.5) is 0 Å². The first-order valence-electron chi connectivity index (χ1n) is 18.6. The van der Waals surface area contributed by atoms with Gasteiger partial charge in [0.25, 0.3) is 0 Å². The molecular weight excluding hydrogens is 736 g/mol. The molecule has 2 saturated heterocycles. The molecule has 0 aromatic heterocycles. The van der Waals surface area contributed by atoms with Gasteiger partial charge < -0.3 is 52.1 Å². The lowest BCUT2D eigenvalue weighted by Crippen LogP contribution is -2.67. The van der Waals surface area contributed by atoms with Crippen molar-refractivity contribution in [1.82, 2.24) is 0 Å². The molecule has 0 spiro atoms. The molecule has 0 aromatic carbocycles. The van der Waals surface area contributed by atoms with E-state index in [1.165, 1.54) is 55.4 Å². The zero-order chi connectivity index (χ0) is 41.2. The highest BCUT2D eigenvalue weighted by atomic mass is 16.8. The van der Waals surface area contributed by atoms with Crippen molar-refractivity contribution < 1.29 is 90.5 Å². The van der Waals surface area contributed by atoms with E-state index < -0.39 is 122 Å². The van der Waals surface area contributed by atoms with Crippen molar-refractivity contribution in [3.05, 3.63) is 0 Å². The Morgan fingerprint density at radius 3 is 0.836 bits per heavy atom. The van der Waals surface area contributed by atoms with Crippen molar-refractivity contribution in [3.8, 4) is 0 Å². The summed E-state index contributed by atoms with van der Waals surface area (Å²) in [6.45, 7) is 10.9. The highest BCUT2D eigenvalue weighted by molar-refractivity contribution is 5.73. The van der Waals surface area contributed by atoms with Crippen molar-refractivity contribution in [2.75, 3.05) is 13.2 Å². The summed E-state index contributed by atoms with van der Waals surface area (Å²) in [5.74, 6) is -6.14.